The first kappa shape index (κ1) is 13.3. The first-order chi connectivity index (χ1) is 8.84. The van der Waals surface area contributed by atoms with Crippen molar-refractivity contribution in [1.82, 2.24) is 9.55 Å². The van der Waals surface area contributed by atoms with Crippen LogP contribution in [0.3, 0.4) is 0 Å². The second kappa shape index (κ2) is 4.52. The zero-order valence-corrected chi connectivity index (χ0v) is 10.8. The standard InChI is InChI=1S/C11H16N4O4/c1-7-12-9(15(18)19)10(14(7)2)13-11(4-3-5-11)6-8(16)17/h13H,3-6H2,1-2H3,(H,16,17). The van der Waals surface area contributed by atoms with E-state index < -0.39 is 16.4 Å². The van der Waals surface area contributed by atoms with E-state index in [4.69, 9.17) is 5.11 Å². The highest BCUT2D eigenvalue weighted by atomic mass is 16.6. The number of aryl methyl sites for hydroxylation is 1. The number of aliphatic carboxylic acids is 1. The summed E-state index contributed by atoms with van der Waals surface area (Å²) < 4.78 is 1.58. The summed E-state index contributed by atoms with van der Waals surface area (Å²) in [6.07, 6.45) is 2.26. The fourth-order valence-corrected chi connectivity index (χ4v) is 2.35. The Morgan fingerprint density at radius 2 is 2.26 bits per heavy atom. The molecule has 8 nitrogen and oxygen atoms in total. The van der Waals surface area contributed by atoms with Crippen LogP contribution in [-0.2, 0) is 11.8 Å². The van der Waals surface area contributed by atoms with Gasteiger partial charge in [0.1, 0.15) is 0 Å². The third-order valence-electron chi connectivity index (χ3n) is 3.66. The SMILES string of the molecule is Cc1nc([N+](=O)[O-])c(NC2(CC(=O)O)CCC2)n1C. The van der Waals surface area contributed by atoms with Gasteiger partial charge in [-0.15, -0.1) is 0 Å². The summed E-state index contributed by atoms with van der Waals surface area (Å²) in [5, 5.41) is 23.0. The Labute approximate surface area is 109 Å². The van der Waals surface area contributed by atoms with Crippen molar-refractivity contribution in [2.75, 3.05) is 5.32 Å². The molecule has 8 heteroatoms. The smallest absolute Gasteiger partial charge is 0.406 e. The summed E-state index contributed by atoms with van der Waals surface area (Å²) in [7, 11) is 1.67. The Balaban J connectivity index is 2.32. The molecule has 1 saturated carbocycles. The van der Waals surface area contributed by atoms with Crippen LogP contribution in [0.2, 0.25) is 0 Å². The van der Waals surface area contributed by atoms with E-state index in [-0.39, 0.29) is 18.1 Å². The number of carbonyl (C=O) groups is 1. The molecular weight excluding hydrogens is 252 g/mol. The van der Waals surface area contributed by atoms with Gasteiger partial charge in [-0.2, -0.15) is 0 Å². The number of imidazole rings is 1. The van der Waals surface area contributed by atoms with Crippen LogP contribution in [0.5, 0.6) is 0 Å². The highest BCUT2D eigenvalue weighted by Crippen LogP contribution is 2.40. The van der Waals surface area contributed by atoms with E-state index >= 15 is 0 Å². The Morgan fingerprint density at radius 1 is 1.63 bits per heavy atom. The molecule has 0 radical (unpaired) electrons. The van der Waals surface area contributed by atoms with Gasteiger partial charge in [0.05, 0.1) is 6.42 Å². The molecule has 19 heavy (non-hydrogen) atoms. The number of hydrogen-bond acceptors (Lipinski definition) is 5. The predicted molar refractivity (Wildman–Crippen MR) is 67.1 cm³/mol. The van der Waals surface area contributed by atoms with Gasteiger partial charge in [0.2, 0.25) is 11.6 Å². The molecule has 1 aromatic rings. The number of carboxylic acid groups (broad SMARTS) is 1. The molecule has 0 bridgehead atoms. The Kier molecular flexibility index (Phi) is 3.17. The Bertz CT molecular complexity index is 533. The number of carboxylic acids is 1. The summed E-state index contributed by atoms with van der Waals surface area (Å²) >= 11 is 0. The van der Waals surface area contributed by atoms with Gasteiger partial charge in [0.15, 0.2) is 0 Å². The molecule has 0 atom stereocenters. The lowest BCUT2D eigenvalue weighted by Gasteiger charge is -2.41. The maximum atomic E-state index is 11.0. The monoisotopic (exact) mass is 268 g/mol. The maximum absolute atomic E-state index is 11.0. The number of nitrogens with zero attached hydrogens (tertiary/aromatic N) is 3. The van der Waals surface area contributed by atoms with Crippen molar-refractivity contribution < 1.29 is 14.8 Å². The first-order valence-electron chi connectivity index (χ1n) is 6.02. The molecule has 1 heterocycles. The highest BCUT2D eigenvalue weighted by molar-refractivity contribution is 5.70. The molecular formula is C11H16N4O4. The Morgan fingerprint density at radius 3 is 2.68 bits per heavy atom. The third-order valence-corrected chi connectivity index (χ3v) is 3.66. The van der Waals surface area contributed by atoms with E-state index in [0.29, 0.717) is 18.7 Å². The van der Waals surface area contributed by atoms with Crippen LogP contribution in [0.15, 0.2) is 0 Å². The van der Waals surface area contributed by atoms with Crippen LogP contribution in [0.4, 0.5) is 11.6 Å². The van der Waals surface area contributed by atoms with Crippen molar-refractivity contribution in [3.63, 3.8) is 0 Å². The zero-order valence-electron chi connectivity index (χ0n) is 10.8. The van der Waals surface area contributed by atoms with E-state index in [1.165, 1.54) is 0 Å². The van der Waals surface area contributed by atoms with Gasteiger partial charge in [0, 0.05) is 19.5 Å². The van der Waals surface area contributed by atoms with Crippen LogP contribution in [0, 0.1) is 17.0 Å². The molecule has 2 rings (SSSR count). The molecule has 0 spiro atoms. The lowest BCUT2D eigenvalue weighted by atomic mass is 9.74. The van der Waals surface area contributed by atoms with Gasteiger partial charge < -0.3 is 20.5 Å². The van der Waals surface area contributed by atoms with Crippen LogP contribution in [0.1, 0.15) is 31.5 Å². The van der Waals surface area contributed by atoms with E-state index in [9.17, 15) is 14.9 Å². The van der Waals surface area contributed by atoms with E-state index in [1.807, 2.05) is 0 Å². The molecule has 1 fully saturated rings. The van der Waals surface area contributed by atoms with Gasteiger partial charge in [-0.3, -0.25) is 9.36 Å². The van der Waals surface area contributed by atoms with Crippen molar-refractivity contribution in [2.24, 2.45) is 7.05 Å². The summed E-state index contributed by atoms with van der Waals surface area (Å²) in [5.41, 5.74) is -0.586. The minimum Gasteiger partial charge on any atom is -0.481 e. The topological polar surface area (TPSA) is 110 Å². The second-order valence-corrected chi connectivity index (χ2v) is 4.98. The number of hydrogen-bond donors (Lipinski definition) is 2. The molecule has 0 aromatic carbocycles. The lowest BCUT2D eigenvalue weighted by molar-refractivity contribution is -0.388. The number of anilines is 1. The van der Waals surface area contributed by atoms with E-state index in [2.05, 4.69) is 10.3 Å². The summed E-state index contributed by atoms with van der Waals surface area (Å²) in [5.74, 6) is -0.368. The van der Waals surface area contributed by atoms with Crippen molar-refractivity contribution >= 4 is 17.6 Å². The van der Waals surface area contributed by atoms with Gasteiger partial charge in [0.25, 0.3) is 0 Å². The molecule has 1 aliphatic rings. The molecule has 0 unspecified atom stereocenters. The summed E-state index contributed by atoms with van der Waals surface area (Å²) in [4.78, 5) is 25.2. The number of nitrogens with one attached hydrogen (secondary N) is 1. The quantitative estimate of drug-likeness (QED) is 0.617. The van der Waals surface area contributed by atoms with Crippen LogP contribution in [-0.4, -0.2) is 31.1 Å². The number of rotatable bonds is 5. The van der Waals surface area contributed by atoms with Crippen LogP contribution >= 0.6 is 0 Å². The molecule has 104 valence electrons. The van der Waals surface area contributed by atoms with Crippen LogP contribution < -0.4 is 5.32 Å². The minimum absolute atomic E-state index is 0.0472. The third kappa shape index (κ3) is 2.38. The molecule has 0 saturated heterocycles. The van der Waals surface area contributed by atoms with Crippen molar-refractivity contribution in [1.29, 1.82) is 0 Å². The first-order valence-corrected chi connectivity index (χ1v) is 6.02. The van der Waals surface area contributed by atoms with Gasteiger partial charge in [-0.25, -0.2) is 0 Å². The fraction of sp³-hybridized carbons (Fsp3) is 0.636. The van der Waals surface area contributed by atoms with Gasteiger partial charge in [-0.1, -0.05) is 0 Å². The second-order valence-electron chi connectivity index (χ2n) is 4.98. The average molecular weight is 268 g/mol. The summed E-state index contributed by atoms with van der Waals surface area (Å²) in [6, 6.07) is 0. The number of nitro groups is 1. The summed E-state index contributed by atoms with van der Waals surface area (Å²) in [6.45, 7) is 1.67. The molecule has 0 aliphatic heterocycles. The van der Waals surface area contributed by atoms with Crippen molar-refractivity contribution in [3.05, 3.63) is 15.9 Å². The van der Waals surface area contributed by atoms with Crippen molar-refractivity contribution in [3.8, 4) is 0 Å². The maximum Gasteiger partial charge on any atom is 0.406 e. The number of aromatic nitrogens is 2. The van der Waals surface area contributed by atoms with E-state index in [1.54, 1.807) is 18.5 Å². The largest absolute Gasteiger partial charge is 0.481 e. The van der Waals surface area contributed by atoms with Crippen molar-refractivity contribution in [2.45, 2.75) is 38.1 Å². The zero-order chi connectivity index (χ0) is 14.2. The highest BCUT2D eigenvalue weighted by Gasteiger charge is 2.41. The fourth-order valence-electron chi connectivity index (χ4n) is 2.35. The van der Waals surface area contributed by atoms with Crippen LogP contribution in [0.25, 0.3) is 0 Å². The van der Waals surface area contributed by atoms with E-state index in [0.717, 1.165) is 6.42 Å². The normalized spacial score (nSPS) is 16.7. The average Bonchev–Trinajstić information content (AvgIpc) is 2.53. The van der Waals surface area contributed by atoms with Gasteiger partial charge >= 0.3 is 11.8 Å². The molecule has 1 aromatic heterocycles. The molecule has 1 aliphatic carbocycles. The predicted octanol–water partition coefficient (Wildman–Crippen LogP) is 1.45. The molecule has 2 N–H and O–H groups in total. The Hall–Kier alpha value is -2.12. The minimum atomic E-state index is -0.909. The molecule has 0 amide bonds. The van der Waals surface area contributed by atoms with Gasteiger partial charge in [-0.05, 0) is 29.2 Å². The lowest BCUT2D eigenvalue weighted by Crippen LogP contribution is -2.47.